The molecule has 0 aromatic carbocycles. The van der Waals surface area contributed by atoms with Gasteiger partial charge in [0.2, 0.25) is 0 Å². The van der Waals surface area contributed by atoms with Gasteiger partial charge in [0, 0.05) is 17.0 Å². The van der Waals surface area contributed by atoms with Crippen LogP contribution in [0.2, 0.25) is 0 Å². The molecule has 0 amide bonds. The first-order chi connectivity index (χ1) is 6.88. The molecule has 1 heterocycles. The van der Waals surface area contributed by atoms with Gasteiger partial charge >= 0.3 is 0 Å². The molecule has 0 aliphatic heterocycles. The van der Waals surface area contributed by atoms with Crippen LogP contribution in [0.1, 0.15) is 38.1 Å². The molecule has 0 fully saturated rings. The second-order valence-corrected chi connectivity index (χ2v) is 6.01. The predicted molar refractivity (Wildman–Crippen MR) is 70.5 cm³/mol. The Morgan fingerprint density at radius 2 is 2.13 bits per heavy atom. The van der Waals surface area contributed by atoms with E-state index < -0.39 is 0 Å². The summed E-state index contributed by atoms with van der Waals surface area (Å²) in [6.45, 7) is 11.9. The molecular weight excluding hydrogens is 202 g/mol. The maximum atomic E-state index is 3.49. The van der Waals surface area contributed by atoms with Gasteiger partial charge in [-0.3, -0.25) is 0 Å². The molecule has 0 spiro atoms. The molecule has 0 saturated heterocycles. The lowest BCUT2D eigenvalue weighted by atomic mass is 10.1. The second-order valence-electron chi connectivity index (χ2n) is 5.06. The lowest BCUT2D eigenvalue weighted by Crippen LogP contribution is -2.36. The van der Waals surface area contributed by atoms with Gasteiger partial charge in [0.25, 0.3) is 0 Å². The van der Waals surface area contributed by atoms with E-state index in [1.54, 1.807) is 0 Å². The molecular formula is C13H21NS. The van der Waals surface area contributed by atoms with Crippen molar-refractivity contribution in [3.63, 3.8) is 0 Å². The number of hydrogen-bond acceptors (Lipinski definition) is 2. The van der Waals surface area contributed by atoms with Gasteiger partial charge in [-0.25, -0.2) is 0 Å². The van der Waals surface area contributed by atoms with Crippen LogP contribution in [0.15, 0.2) is 17.0 Å². The van der Waals surface area contributed by atoms with Crippen molar-refractivity contribution in [1.82, 2.24) is 5.32 Å². The largest absolute Gasteiger partial charge is 0.308 e. The van der Waals surface area contributed by atoms with Crippen molar-refractivity contribution in [3.05, 3.63) is 27.5 Å². The molecule has 0 radical (unpaired) electrons. The van der Waals surface area contributed by atoms with E-state index >= 15 is 0 Å². The third-order valence-electron chi connectivity index (χ3n) is 2.18. The molecule has 1 aromatic rings. The Kier molecular flexibility index (Phi) is 4.12. The van der Waals surface area contributed by atoms with Crippen LogP contribution >= 0.6 is 11.3 Å². The van der Waals surface area contributed by atoms with E-state index in [0.29, 0.717) is 0 Å². The Bertz CT molecular complexity index is 342. The van der Waals surface area contributed by atoms with Gasteiger partial charge in [0.1, 0.15) is 0 Å². The zero-order chi connectivity index (χ0) is 11.5. The van der Waals surface area contributed by atoms with Gasteiger partial charge in [0.05, 0.1) is 0 Å². The van der Waals surface area contributed by atoms with Gasteiger partial charge < -0.3 is 5.32 Å². The fourth-order valence-corrected chi connectivity index (χ4v) is 2.15. The molecule has 1 N–H and O–H groups in total. The number of hydrogen-bond donors (Lipinski definition) is 1. The van der Waals surface area contributed by atoms with E-state index in [4.69, 9.17) is 0 Å². The third-order valence-corrected chi connectivity index (χ3v) is 3.14. The maximum Gasteiger partial charge on any atom is 0.0299 e. The molecule has 1 nitrogen and oxygen atoms in total. The molecule has 2 heteroatoms. The van der Waals surface area contributed by atoms with Crippen molar-refractivity contribution in [1.29, 1.82) is 0 Å². The van der Waals surface area contributed by atoms with Crippen LogP contribution in [0, 0.1) is 6.92 Å². The zero-order valence-corrected chi connectivity index (χ0v) is 11.2. The van der Waals surface area contributed by atoms with E-state index in [9.17, 15) is 0 Å². The minimum atomic E-state index is 0.194. The molecule has 15 heavy (non-hydrogen) atoms. The topological polar surface area (TPSA) is 12.0 Å². The van der Waals surface area contributed by atoms with E-state index in [2.05, 4.69) is 57.5 Å². The summed E-state index contributed by atoms with van der Waals surface area (Å²) in [5.74, 6) is 0. The minimum Gasteiger partial charge on any atom is -0.308 e. The highest BCUT2D eigenvalue weighted by molar-refractivity contribution is 7.11. The Balaban J connectivity index is 2.58. The first-order valence-corrected chi connectivity index (χ1v) is 6.23. The summed E-state index contributed by atoms with van der Waals surface area (Å²) in [6.07, 6.45) is 2.28. The average molecular weight is 223 g/mol. The highest BCUT2D eigenvalue weighted by Gasteiger charge is 2.07. The summed E-state index contributed by atoms with van der Waals surface area (Å²) in [5, 5.41) is 5.63. The number of rotatable bonds is 3. The molecule has 0 bridgehead atoms. The van der Waals surface area contributed by atoms with E-state index in [1.807, 2.05) is 11.3 Å². The fraction of sp³-hybridized carbons (Fsp3) is 0.538. The average Bonchev–Trinajstić information content (AvgIpc) is 2.47. The first-order valence-electron chi connectivity index (χ1n) is 5.35. The van der Waals surface area contributed by atoms with Crippen molar-refractivity contribution in [2.24, 2.45) is 0 Å². The van der Waals surface area contributed by atoms with Crippen LogP contribution in [0.25, 0.3) is 6.08 Å². The first kappa shape index (κ1) is 12.5. The Hall–Kier alpha value is -0.600. The standard InChI is InChI=1S/C13H21NS/c1-10(9-14-13(3,4)5)8-12-11(2)6-7-15-12/h6-8,14H,9H2,1-5H3. The van der Waals surface area contributed by atoms with Crippen molar-refractivity contribution in [2.45, 2.75) is 40.2 Å². The van der Waals surface area contributed by atoms with Gasteiger partial charge in [-0.05, 0) is 57.7 Å². The lowest BCUT2D eigenvalue weighted by molar-refractivity contribution is 0.445. The Morgan fingerprint density at radius 1 is 1.47 bits per heavy atom. The van der Waals surface area contributed by atoms with Gasteiger partial charge in [-0.15, -0.1) is 11.3 Å². The van der Waals surface area contributed by atoms with Crippen LogP contribution in [0.4, 0.5) is 0 Å². The smallest absolute Gasteiger partial charge is 0.0299 e. The number of nitrogens with one attached hydrogen (secondary N) is 1. The summed E-state index contributed by atoms with van der Waals surface area (Å²) >= 11 is 1.81. The normalized spacial score (nSPS) is 13.3. The minimum absolute atomic E-state index is 0.194. The SMILES string of the molecule is CC(=Cc1sccc1C)CNC(C)(C)C. The molecule has 0 saturated carbocycles. The molecule has 0 atom stereocenters. The van der Waals surface area contributed by atoms with E-state index in [-0.39, 0.29) is 5.54 Å². The molecule has 0 aliphatic rings. The third kappa shape index (κ3) is 4.63. The summed E-state index contributed by atoms with van der Waals surface area (Å²) in [5.41, 5.74) is 2.95. The summed E-state index contributed by atoms with van der Waals surface area (Å²) in [6, 6.07) is 2.17. The molecule has 84 valence electrons. The second kappa shape index (κ2) is 4.95. The van der Waals surface area contributed by atoms with Crippen molar-refractivity contribution in [2.75, 3.05) is 6.54 Å². The highest BCUT2D eigenvalue weighted by Crippen LogP contribution is 2.18. The van der Waals surface area contributed by atoms with E-state index in [1.165, 1.54) is 16.0 Å². The summed E-state index contributed by atoms with van der Waals surface area (Å²) in [4.78, 5) is 1.38. The predicted octanol–water partition coefficient (Wildman–Crippen LogP) is 3.85. The summed E-state index contributed by atoms with van der Waals surface area (Å²) in [7, 11) is 0. The van der Waals surface area contributed by atoms with Crippen LogP contribution in [0.5, 0.6) is 0 Å². The van der Waals surface area contributed by atoms with E-state index in [0.717, 1.165) is 6.54 Å². The van der Waals surface area contributed by atoms with Gasteiger partial charge in [-0.1, -0.05) is 5.57 Å². The van der Waals surface area contributed by atoms with Gasteiger partial charge in [0.15, 0.2) is 0 Å². The molecule has 0 unspecified atom stereocenters. The molecule has 0 aliphatic carbocycles. The van der Waals surface area contributed by atoms with Crippen LogP contribution < -0.4 is 5.32 Å². The van der Waals surface area contributed by atoms with Crippen LogP contribution in [-0.2, 0) is 0 Å². The number of aryl methyl sites for hydroxylation is 1. The molecule has 1 aromatic heterocycles. The fourth-order valence-electron chi connectivity index (χ4n) is 1.21. The maximum absolute atomic E-state index is 3.49. The van der Waals surface area contributed by atoms with Crippen LogP contribution in [-0.4, -0.2) is 12.1 Å². The quantitative estimate of drug-likeness (QED) is 0.821. The summed E-state index contributed by atoms with van der Waals surface area (Å²) < 4.78 is 0. The van der Waals surface area contributed by atoms with Gasteiger partial charge in [-0.2, -0.15) is 0 Å². The zero-order valence-electron chi connectivity index (χ0n) is 10.3. The van der Waals surface area contributed by atoms with Crippen molar-refractivity contribution < 1.29 is 0 Å². The highest BCUT2D eigenvalue weighted by atomic mass is 32.1. The molecule has 1 rings (SSSR count). The van der Waals surface area contributed by atoms with Crippen LogP contribution in [0.3, 0.4) is 0 Å². The van der Waals surface area contributed by atoms with Crippen molar-refractivity contribution >= 4 is 17.4 Å². The Morgan fingerprint density at radius 3 is 2.60 bits per heavy atom. The lowest BCUT2D eigenvalue weighted by Gasteiger charge is -2.20. The number of thiophene rings is 1. The van der Waals surface area contributed by atoms with Crippen molar-refractivity contribution in [3.8, 4) is 0 Å². The monoisotopic (exact) mass is 223 g/mol. The Labute approximate surface area is 97.2 Å².